The zero-order valence-corrected chi connectivity index (χ0v) is 10.6. The average Bonchev–Trinajstić information content (AvgIpc) is 2.47. The molecule has 0 fully saturated rings. The first kappa shape index (κ1) is 11.1. The molecule has 0 spiro atoms. The summed E-state index contributed by atoms with van der Waals surface area (Å²) in [5.41, 5.74) is 3.86. The number of fused-ring (bicyclic) bond motifs is 1. The molecule has 0 saturated carbocycles. The van der Waals surface area contributed by atoms with Gasteiger partial charge in [-0.1, -0.05) is 37.3 Å². The van der Waals surface area contributed by atoms with E-state index in [1.807, 2.05) is 6.07 Å². The molecule has 92 valence electrons. The Morgan fingerprint density at radius 3 is 2.72 bits per heavy atom. The normalized spacial score (nSPS) is 13.9. The lowest BCUT2D eigenvalue weighted by atomic mass is 10.1. The third kappa shape index (κ3) is 2.06. The first-order chi connectivity index (χ1) is 8.86. The fourth-order valence-electron chi connectivity index (χ4n) is 2.32. The van der Waals surface area contributed by atoms with E-state index in [4.69, 9.17) is 4.74 Å². The summed E-state index contributed by atoms with van der Waals surface area (Å²) < 4.78 is 5.82. The summed E-state index contributed by atoms with van der Waals surface area (Å²) in [4.78, 5) is 2.25. The highest BCUT2D eigenvalue weighted by atomic mass is 16.5. The number of rotatable bonds is 2. The molecular weight excluding hydrogens is 222 g/mol. The van der Waals surface area contributed by atoms with Crippen molar-refractivity contribution in [1.29, 1.82) is 0 Å². The van der Waals surface area contributed by atoms with Crippen LogP contribution in [-0.2, 0) is 13.0 Å². The van der Waals surface area contributed by atoms with Crippen molar-refractivity contribution in [3.63, 3.8) is 0 Å². The van der Waals surface area contributed by atoms with Crippen LogP contribution >= 0.6 is 0 Å². The van der Waals surface area contributed by atoms with Crippen molar-refractivity contribution in [2.75, 3.05) is 11.6 Å². The largest absolute Gasteiger partial charge is 0.473 e. The molecule has 2 aromatic carbocycles. The lowest BCUT2D eigenvalue weighted by Crippen LogP contribution is -2.31. The minimum absolute atomic E-state index is 0.627. The highest BCUT2D eigenvalue weighted by Crippen LogP contribution is 2.28. The Morgan fingerprint density at radius 2 is 1.94 bits per heavy atom. The summed E-state index contributed by atoms with van der Waals surface area (Å²) in [6, 6.07) is 16.9. The van der Waals surface area contributed by atoms with Crippen molar-refractivity contribution < 1.29 is 4.74 Å². The van der Waals surface area contributed by atoms with Gasteiger partial charge in [0, 0.05) is 17.8 Å². The maximum Gasteiger partial charge on any atom is 0.161 e. The second-order valence-electron chi connectivity index (χ2n) is 4.60. The highest BCUT2D eigenvalue weighted by molar-refractivity contribution is 5.50. The molecule has 0 N–H and O–H groups in total. The maximum absolute atomic E-state index is 5.82. The van der Waals surface area contributed by atoms with Crippen LogP contribution in [0.3, 0.4) is 0 Å². The van der Waals surface area contributed by atoms with Crippen LogP contribution in [-0.4, -0.2) is 6.73 Å². The van der Waals surface area contributed by atoms with Gasteiger partial charge in [-0.05, 0) is 30.2 Å². The molecule has 18 heavy (non-hydrogen) atoms. The van der Waals surface area contributed by atoms with Gasteiger partial charge in [0.15, 0.2) is 6.73 Å². The van der Waals surface area contributed by atoms with Crippen LogP contribution in [0.1, 0.15) is 18.1 Å². The van der Waals surface area contributed by atoms with Crippen molar-refractivity contribution >= 4 is 5.69 Å². The van der Waals surface area contributed by atoms with E-state index in [1.54, 1.807) is 0 Å². The Hall–Kier alpha value is -1.96. The molecular formula is C16H17NO. The Bertz CT molecular complexity index is 536. The van der Waals surface area contributed by atoms with Gasteiger partial charge in [0.1, 0.15) is 5.75 Å². The SMILES string of the molecule is CCc1ccc2c(c1)CN(c1ccccc1)CO2. The molecule has 2 nitrogen and oxygen atoms in total. The number of aryl methyl sites for hydroxylation is 1. The average molecular weight is 239 g/mol. The van der Waals surface area contributed by atoms with Gasteiger partial charge in [0.05, 0.1) is 0 Å². The van der Waals surface area contributed by atoms with Crippen molar-refractivity contribution in [3.8, 4) is 5.75 Å². The van der Waals surface area contributed by atoms with Gasteiger partial charge >= 0.3 is 0 Å². The molecule has 0 saturated heterocycles. The van der Waals surface area contributed by atoms with Crippen molar-refractivity contribution in [1.82, 2.24) is 0 Å². The van der Waals surface area contributed by atoms with Crippen LogP contribution in [0.5, 0.6) is 5.75 Å². The van der Waals surface area contributed by atoms with E-state index in [0.717, 1.165) is 18.7 Å². The van der Waals surface area contributed by atoms with Crippen LogP contribution in [0.25, 0.3) is 0 Å². The Kier molecular flexibility index (Phi) is 2.93. The molecule has 1 aliphatic rings. The van der Waals surface area contributed by atoms with E-state index in [1.165, 1.54) is 16.8 Å². The minimum atomic E-state index is 0.627. The zero-order chi connectivity index (χ0) is 12.4. The molecule has 1 heterocycles. The molecule has 2 heteroatoms. The van der Waals surface area contributed by atoms with E-state index < -0.39 is 0 Å². The predicted octanol–water partition coefficient (Wildman–Crippen LogP) is 3.61. The van der Waals surface area contributed by atoms with Gasteiger partial charge in [-0.25, -0.2) is 0 Å². The minimum Gasteiger partial charge on any atom is -0.473 e. The van der Waals surface area contributed by atoms with Crippen LogP contribution in [0.15, 0.2) is 48.5 Å². The third-order valence-corrected chi connectivity index (χ3v) is 3.39. The van der Waals surface area contributed by atoms with E-state index in [2.05, 4.69) is 54.3 Å². The van der Waals surface area contributed by atoms with Crippen molar-refractivity contribution in [2.24, 2.45) is 0 Å². The van der Waals surface area contributed by atoms with Crippen LogP contribution in [0.4, 0.5) is 5.69 Å². The van der Waals surface area contributed by atoms with Gasteiger partial charge in [-0.2, -0.15) is 0 Å². The van der Waals surface area contributed by atoms with Gasteiger partial charge in [-0.3, -0.25) is 0 Å². The molecule has 0 atom stereocenters. The summed E-state index contributed by atoms with van der Waals surface area (Å²) in [6.45, 7) is 3.73. The third-order valence-electron chi connectivity index (χ3n) is 3.39. The van der Waals surface area contributed by atoms with Gasteiger partial charge in [0.2, 0.25) is 0 Å². The fraction of sp³-hybridized carbons (Fsp3) is 0.250. The first-order valence-corrected chi connectivity index (χ1v) is 6.41. The quantitative estimate of drug-likeness (QED) is 0.794. The fourth-order valence-corrected chi connectivity index (χ4v) is 2.32. The Morgan fingerprint density at radius 1 is 1.11 bits per heavy atom. The van der Waals surface area contributed by atoms with E-state index >= 15 is 0 Å². The monoisotopic (exact) mass is 239 g/mol. The standard InChI is InChI=1S/C16H17NO/c1-2-13-8-9-16-14(10-13)11-17(12-18-16)15-6-4-3-5-7-15/h3-10H,2,11-12H2,1H3. The predicted molar refractivity (Wildman–Crippen MR) is 73.9 cm³/mol. The number of hydrogen-bond donors (Lipinski definition) is 0. The lowest BCUT2D eigenvalue weighted by molar-refractivity contribution is 0.289. The lowest BCUT2D eigenvalue weighted by Gasteiger charge is -2.31. The molecule has 0 bridgehead atoms. The van der Waals surface area contributed by atoms with E-state index in [9.17, 15) is 0 Å². The van der Waals surface area contributed by atoms with Crippen molar-refractivity contribution in [3.05, 3.63) is 59.7 Å². The highest BCUT2D eigenvalue weighted by Gasteiger charge is 2.17. The van der Waals surface area contributed by atoms with Gasteiger partial charge in [-0.15, -0.1) is 0 Å². The second kappa shape index (κ2) is 4.73. The van der Waals surface area contributed by atoms with Crippen LogP contribution in [0, 0.1) is 0 Å². The number of para-hydroxylation sites is 1. The van der Waals surface area contributed by atoms with Gasteiger partial charge < -0.3 is 9.64 Å². The summed E-state index contributed by atoms with van der Waals surface area (Å²) >= 11 is 0. The van der Waals surface area contributed by atoms with E-state index in [-0.39, 0.29) is 0 Å². The zero-order valence-electron chi connectivity index (χ0n) is 10.6. The first-order valence-electron chi connectivity index (χ1n) is 6.41. The maximum atomic E-state index is 5.82. The second-order valence-corrected chi connectivity index (χ2v) is 4.60. The van der Waals surface area contributed by atoms with Crippen LogP contribution in [0.2, 0.25) is 0 Å². The number of benzene rings is 2. The number of ether oxygens (including phenoxy) is 1. The summed E-state index contributed by atoms with van der Waals surface area (Å²) in [5, 5.41) is 0. The Balaban J connectivity index is 1.88. The summed E-state index contributed by atoms with van der Waals surface area (Å²) in [5.74, 6) is 1.03. The van der Waals surface area contributed by atoms with E-state index in [0.29, 0.717) is 6.73 Å². The van der Waals surface area contributed by atoms with Crippen LogP contribution < -0.4 is 9.64 Å². The molecule has 3 rings (SSSR count). The smallest absolute Gasteiger partial charge is 0.161 e. The number of hydrogen-bond acceptors (Lipinski definition) is 2. The van der Waals surface area contributed by atoms with Crippen molar-refractivity contribution in [2.45, 2.75) is 19.9 Å². The molecule has 0 aromatic heterocycles. The molecule has 0 unspecified atom stereocenters. The summed E-state index contributed by atoms with van der Waals surface area (Å²) in [6.07, 6.45) is 1.07. The molecule has 0 aliphatic carbocycles. The number of nitrogens with zero attached hydrogens (tertiary/aromatic N) is 1. The molecule has 0 radical (unpaired) electrons. The topological polar surface area (TPSA) is 12.5 Å². The summed E-state index contributed by atoms with van der Waals surface area (Å²) in [7, 11) is 0. The Labute approximate surface area is 108 Å². The van der Waals surface area contributed by atoms with Gasteiger partial charge in [0.25, 0.3) is 0 Å². The number of anilines is 1. The molecule has 2 aromatic rings. The molecule has 0 amide bonds. The molecule has 1 aliphatic heterocycles.